The zero-order chi connectivity index (χ0) is 19.8. The summed E-state index contributed by atoms with van der Waals surface area (Å²) in [6.07, 6.45) is 1.02. The van der Waals surface area contributed by atoms with Crippen molar-refractivity contribution in [1.29, 1.82) is 0 Å². The first-order valence-electron chi connectivity index (χ1n) is 8.53. The fourth-order valence-corrected chi connectivity index (χ4v) is 2.87. The van der Waals surface area contributed by atoms with Gasteiger partial charge in [0.15, 0.2) is 0 Å². The minimum absolute atomic E-state index is 0. The van der Waals surface area contributed by atoms with Crippen LogP contribution in [0.2, 0.25) is 0 Å². The summed E-state index contributed by atoms with van der Waals surface area (Å²) < 4.78 is 0. The molecule has 0 atom stereocenters. The van der Waals surface area contributed by atoms with Crippen molar-refractivity contribution in [2.24, 2.45) is 0 Å². The SMILES string of the molecule is CC(=O)O.CC(=O)O.[Ti+2].c1ccc2[cH-]c(Cc3cc4ccccc4[cH-]3)cc2c1. The van der Waals surface area contributed by atoms with Gasteiger partial charge in [-0.3, -0.25) is 9.59 Å². The molecule has 0 aliphatic heterocycles. The standard InChI is InChI=1S/C19H14.2C2H4O2.Ti/c1-2-6-17-11-14(10-16(17)5-1)9-15-12-18-7-3-4-8-19(18)13-15;2*1-2(3)4;/h1-8,10-13H,9H2;2*1H3,(H,3,4);/q-2;;;+2. The van der Waals surface area contributed by atoms with E-state index < -0.39 is 11.9 Å². The van der Waals surface area contributed by atoms with Gasteiger partial charge < -0.3 is 10.2 Å². The number of fused-ring (bicyclic) bond motifs is 2. The molecule has 0 heterocycles. The average molecular weight is 410 g/mol. The van der Waals surface area contributed by atoms with Crippen LogP contribution < -0.4 is 0 Å². The second kappa shape index (κ2) is 11.2. The van der Waals surface area contributed by atoms with E-state index in [0.717, 1.165) is 20.3 Å². The number of carboxylic acid groups (broad SMARTS) is 2. The van der Waals surface area contributed by atoms with E-state index >= 15 is 0 Å². The molecule has 0 aliphatic rings. The maximum atomic E-state index is 9.00. The third-order valence-electron chi connectivity index (χ3n) is 3.76. The number of hydrogen-bond acceptors (Lipinski definition) is 2. The van der Waals surface area contributed by atoms with E-state index in [4.69, 9.17) is 19.8 Å². The number of hydrogen-bond donors (Lipinski definition) is 2. The van der Waals surface area contributed by atoms with Gasteiger partial charge in [0.2, 0.25) is 0 Å². The van der Waals surface area contributed by atoms with Gasteiger partial charge in [-0.15, -0.1) is 81.2 Å². The number of aliphatic carboxylic acids is 2. The Morgan fingerprint density at radius 2 is 1.07 bits per heavy atom. The van der Waals surface area contributed by atoms with Crippen LogP contribution in [-0.4, -0.2) is 22.2 Å². The Morgan fingerprint density at radius 1 is 0.750 bits per heavy atom. The molecule has 4 nitrogen and oxygen atoms in total. The summed E-state index contributed by atoms with van der Waals surface area (Å²) in [6.45, 7) is 2.17. The van der Waals surface area contributed by atoms with Crippen LogP contribution in [0, 0.1) is 0 Å². The van der Waals surface area contributed by atoms with E-state index in [1.165, 1.54) is 32.7 Å². The number of carbonyl (C=O) groups is 2. The number of carboxylic acids is 2. The number of rotatable bonds is 2. The van der Waals surface area contributed by atoms with Crippen LogP contribution in [0.1, 0.15) is 25.0 Å². The molecule has 4 aromatic carbocycles. The van der Waals surface area contributed by atoms with Gasteiger partial charge in [-0.25, -0.2) is 0 Å². The van der Waals surface area contributed by atoms with Crippen LogP contribution in [-0.2, 0) is 37.7 Å². The van der Waals surface area contributed by atoms with Crippen LogP contribution >= 0.6 is 0 Å². The van der Waals surface area contributed by atoms with Gasteiger partial charge in [0, 0.05) is 13.8 Å². The van der Waals surface area contributed by atoms with Crippen LogP contribution in [0.5, 0.6) is 0 Å². The van der Waals surface area contributed by atoms with Gasteiger partial charge in [0.05, 0.1) is 0 Å². The Labute approximate surface area is 179 Å². The molecule has 4 aromatic rings. The Balaban J connectivity index is 0.000000377. The summed E-state index contributed by atoms with van der Waals surface area (Å²) in [5.41, 5.74) is 2.80. The molecule has 0 bridgehead atoms. The van der Waals surface area contributed by atoms with Crippen molar-refractivity contribution in [2.75, 3.05) is 0 Å². The molecule has 142 valence electrons. The fourth-order valence-electron chi connectivity index (χ4n) is 2.87. The summed E-state index contributed by atoms with van der Waals surface area (Å²) >= 11 is 0. The van der Waals surface area contributed by atoms with Gasteiger partial charge in [-0.1, -0.05) is 12.1 Å². The normalized spacial score (nSPS) is 9.50. The van der Waals surface area contributed by atoms with Crippen molar-refractivity contribution in [3.05, 3.63) is 83.9 Å². The zero-order valence-electron chi connectivity index (χ0n) is 15.8. The largest absolute Gasteiger partial charge is 2.00 e. The van der Waals surface area contributed by atoms with E-state index in [1.807, 2.05) is 0 Å². The van der Waals surface area contributed by atoms with E-state index in [1.54, 1.807) is 0 Å². The fraction of sp³-hybridized carbons (Fsp3) is 0.130. The molecule has 2 N–H and O–H groups in total. The average Bonchev–Trinajstić information content (AvgIpc) is 3.16. The monoisotopic (exact) mass is 410 g/mol. The van der Waals surface area contributed by atoms with E-state index in [9.17, 15) is 0 Å². The van der Waals surface area contributed by atoms with Gasteiger partial charge in [0.1, 0.15) is 0 Å². The molecule has 5 heteroatoms. The quantitative estimate of drug-likeness (QED) is 0.352. The molecule has 28 heavy (non-hydrogen) atoms. The zero-order valence-corrected chi connectivity index (χ0v) is 17.4. The third-order valence-corrected chi connectivity index (χ3v) is 3.76. The predicted molar refractivity (Wildman–Crippen MR) is 109 cm³/mol. The van der Waals surface area contributed by atoms with Crippen LogP contribution in [0.15, 0.2) is 72.8 Å². The first kappa shape index (κ1) is 23.4. The summed E-state index contributed by atoms with van der Waals surface area (Å²) in [5, 5.41) is 20.2. The summed E-state index contributed by atoms with van der Waals surface area (Å²) in [4.78, 5) is 18.0. The molecule has 0 aromatic heterocycles. The van der Waals surface area contributed by atoms with E-state index in [2.05, 4.69) is 72.8 Å². The molecular weight excluding hydrogens is 388 g/mol. The Morgan fingerprint density at radius 3 is 1.39 bits per heavy atom. The molecule has 0 saturated carbocycles. The third kappa shape index (κ3) is 7.51. The molecule has 0 amide bonds. The van der Waals surface area contributed by atoms with E-state index in [-0.39, 0.29) is 21.7 Å². The maximum absolute atomic E-state index is 9.00. The minimum Gasteiger partial charge on any atom is -0.481 e. The first-order chi connectivity index (χ1) is 12.8. The molecule has 0 fully saturated rings. The summed E-state index contributed by atoms with van der Waals surface area (Å²) in [7, 11) is 0. The van der Waals surface area contributed by atoms with Crippen molar-refractivity contribution in [1.82, 2.24) is 0 Å². The molecule has 0 spiro atoms. The van der Waals surface area contributed by atoms with Gasteiger partial charge in [0.25, 0.3) is 11.9 Å². The predicted octanol–water partition coefficient (Wildman–Crippen LogP) is 5.20. The van der Waals surface area contributed by atoms with Crippen molar-refractivity contribution in [3.8, 4) is 0 Å². The minimum atomic E-state index is -0.833. The number of benzene rings is 2. The topological polar surface area (TPSA) is 74.6 Å². The smallest absolute Gasteiger partial charge is 0.481 e. The Bertz CT molecular complexity index is 885. The molecule has 0 unspecified atom stereocenters. The van der Waals surface area contributed by atoms with Crippen molar-refractivity contribution >= 4 is 33.5 Å². The second-order valence-electron chi connectivity index (χ2n) is 6.20. The summed E-state index contributed by atoms with van der Waals surface area (Å²) in [6, 6.07) is 26.3. The maximum Gasteiger partial charge on any atom is 2.00 e. The molecular formula is C23H22O4Ti. The van der Waals surface area contributed by atoms with Gasteiger partial charge >= 0.3 is 21.7 Å². The van der Waals surface area contributed by atoms with Crippen molar-refractivity contribution in [2.45, 2.75) is 20.3 Å². The second-order valence-corrected chi connectivity index (χ2v) is 6.20. The Kier molecular flexibility index (Phi) is 9.36. The molecule has 4 rings (SSSR count). The Hall–Kier alpha value is -2.69. The van der Waals surface area contributed by atoms with Crippen LogP contribution in [0.3, 0.4) is 0 Å². The van der Waals surface area contributed by atoms with Crippen LogP contribution in [0.25, 0.3) is 21.5 Å². The van der Waals surface area contributed by atoms with E-state index in [0.29, 0.717) is 0 Å². The molecule has 0 radical (unpaired) electrons. The molecule has 0 aliphatic carbocycles. The van der Waals surface area contributed by atoms with Crippen molar-refractivity contribution in [3.63, 3.8) is 0 Å². The van der Waals surface area contributed by atoms with Crippen molar-refractivity contribution < 1.29 is 41.5 Å². The van der Waals surface area contributed by atoms with Gasteiger partial charge in [-0.05, 0) is 6.42 Å². The first-order valence-corrected chi connectivity index (χ1v) is 8.53. The van der Waals surface area contributed by atoms with Gasteiger partial charge in [-0.2, -0.15) is 12.1 Å². The summed E-state index contributed by atoms with van der Waals surface area (Å²) in [5.74, 6) is -1.67. The molecule has 0 saturated heterocycles. The van der Waals surface area contributed by atoms with Crippen LogP contribution in [0.4, 0.5) is 0 Å².